The second kappa shape index (κ2) is 12.5. The number of hydrogen-bond donors (Lipinski definition) is 1. The van der Waals surface area contributed by atoms with Crippen LogP contribution in [0.15, 0.2) is 83.8 Å². The molecule has 1 N–H and O–H groups in total. The fourth-order valence-corrected chi connectivity index (χ4v) is 5.65. The monoisotopic (exact) mass is 581 g/mol. The number of carbonyl (C=O) groups excluding carboxylic acids is 2. The van der Waals surface area contributed by atoms with Gasteiger partial charge in [0.1, 0.15) is 12.6 Å². The molecule has 0 saturated heterocycles. The molecule has 1 atom stereocenters. The highest BCUT2D eigenvalue weighted by molar-refractivity contribution is 7.92. The summed E-state index contributed by atoms with van der Waals surface area (Å²) in [5.74, 6) is -1.25. The Morgan fingerprint density at radius 2 is 1.56 bits per heavy atom. The summed E-state index contributed by atoms with van der Waals surface area (Å²) in [6.45, 7) is 0.800. The number of anilines is 1. The maximum Gasteiger partial charge on any atom is 0.417 e. The summed E-state index contributed by atoms with van der Waals surface area (Å²) in [5.41, 5.74) is -0.978. The number of nitrogens with one attached hydrogen (secondary N) is 1. The molecule has 0 aliphatic carbocycles. The Bertz CT molecular complexity index is 1400. The highest BCUT2D eigenvalue weighted by Crippen LogP contribution is 2.38. The van der Waals surface area contributed by atoms with Crippen LogP contribution in [0.25, 0.3) is 0 Å². The van der Waals surface area contributed by atoms with Crippen LogP contribution in [0, 0.1) is 0 Å². The second-order valence-corrected chi connectivity index (χ2v) is 10.8. The van der Waals surface area contributed by atoms with E-state index >= 15 is 0 Å². The van der Waals surface area contributed by atoms with Crippen molar-refractivity contribution in [2.24, 2.45) is 0 Å². The number of benzene rings is 3. The molecular formula is C27H27ClF3N3O4S. The summed E-state index contributed by atoms with van der Waals surface area (Å²) in [5, 5.41) is 1.88. The molecule has 7 nitrogen and oxygen atoms in total. The molecule has 0 unspecified atom stereocenters. The molecule has 0 radical (unpaired) electrons. The van der Waals surface area contributed by atoms with E-state index in [0.717, 1.165) is 12.1 Å². The van der Waals surface area contributed by atoms with Crippen molar-refractivity contribution >= 4 is 39.1 Å². The zero-order valence-electron chi connectivity index (χ0n) is 21.2. The number of carbonyl (C=O) groups is 2. The maximum absolute atomic E-state index is 13.8. The predicted octanol–water partition coefficient (Wildman–Crippen LogP) is 5.11. The van der Waals surface area contributed by atoms with E-state index in [9.17, 15) is 31.2 Å². The van der Waals surface area contributed by atoms with Gasteiger partial charge in [0.2, 0.25) is 11.8 Å². The van der Waals surface area contributed by atoms with E-state index in [2.05, 4.69) is 5.32 Å². The van der Waals surface area contributed by atoms with E-state index in [4.69, 9.17) is 11.6 Å². The Kier molecular flexibility index (Phi) is 9.63. The van der Waals surface area contributed by atoms with Crippen molar-refractivity contribution in [3.63, 3.8) is 0 Å². The average molecular weight is 582 g/mol. The molecule has 3 aromatic rings. The lowest BCUT2D eigenvalue weighted by Gasteiger charge is -2.33. The first kappa shape index (κ1) is 30.0. The van der Waals surface area contributed by atoms with Crippen molar-refractivity contribution in [3.8, 4) is 0 Å². The number of hydrogen-bond acceptors (Lipinski definition) is 4. The summed E-state index contributed by atoms with van der Waals surface area (Å²) in [6, 6.07) is 17.4. The predicted molar refractivity (Wildman–Crippen MR) is 143 cm³/mol. The summed E-state index contributed by atoms with van der Waals surface area (Å²) in [4.78, 5) is 27.4. The van der Waals surface area contributed by atoms with E-state index in [1.807, 2.05) is 0 Å². The third kappa shape index (κ3) is 7.10. The van der Waals surface area contributed by atoms with Crippen LogP contribution < -0.4 is 9.62 Å². The number of likely N-dealkylation sites (N-methyl/N-ethyl adjacent to an activating group) is 1. The smallest absolute Gasteiger partial charge is 0.357 e. The molecule has 0 bridgehead atoms. The van der Waals surface area contributed by atoms with Gasteiger partial charge in [0.15, 0.2) is 0 Å². The van der Waals surface area contributed by atoms with Crippen molar-refractivity contribution in [1.82, 2.24) is 10.2 Å². The quantitative estimate of drug-likeness (QED) is 0.361. The molecule has 0 aromatic heterocycles. The van der Waals surface area contributed by atoms with Crippen molar-refractivity contribution in [2.75, 3.05) is 17.9 Å². The Morgan fingerprint density at radius 1 is 0.974 bits per heavy atom. The van der Waals surface area contributed by atoms with Crippen LogP contribution in [-0.4, -0.2) is 44.8 Å². The zero-order chi connectivity index (χ0) is 28.8. The Morgan fingerprint density at radius 3 is 2.10 bits per heavy atom. The molecule has 208 valence electrons. The molecule has 3 aromatic carbocycles. The number of nitrogens with zero attached hydrogens (tertiary/aromatic N) is 2. The SMILES string of the molecule is CC[C@H](C(=O)NC)N(Cc1ccccc1)C(=O)CN(c1ccc(Cl)c(C(F)(F)F)c1)S(=O)(=O)c1ccccc1. The fraction of sp³-hybridized carbons (Fsp3) is 0.259. The van der Waals surface area contributed by atoms with Crippen LogP contribution in [0.4, 0.5) is 18.9 Å². The Hall–Kier alpha value is -3.57. The van der Waals surface area contributed by atoms with Crippen LogP contribution in [0.1, 0.15) is 24.5 Å². The van der Waals surface area contributed by atoms with Gasteiger partial charge in [-0.05, 0) is 42.3 Å². The molecule has 3 rings (SSSR count). The second-order valence-electron chi connectivity index (χ2n) is 8.53. The molecule has 0 saturated carbocycles. The van der Waals surface area contributed by atoms with Crippen LogP contribution in [0.2, 0.25) is 5.02 Å². The number of amides is 2. The van der Waals surface area contributed by atoms with Crippen molar-refractivity contribution in [2.45, 2.75) is 37.0 Å². The topological polar surface area (TPSA) is 86.8 Å². The van der Waals surface area contributed by atoms with Crippen LogP contribution in [0.3, 0.4) is 0 Å². The zero-order valence-corrected chi connectivity index (χ0v) is 22.7. The van der Waals surface area contributed by atoms with E-state index in [1.54, 1.807) is 43.3 Å². The standard InChI is InChI=1S/C27H27ClF3N3O4S/c1-3-24(26(36)32-2)33(17-19-10-6-4-7-11-19)25(35)18-34(39(37,38)21-12-8-5-9-13-21)20-14-15-23(28)22(16-20)27(29,30)31/h4-16,24H,3,17-18H2,1-2H3,(H,32,36)/t24-/m1/s1. The van der Waals surface area contributed by atoms with Crippen molar-refractivity contribution in [1.29, 1.82) is 0 Å². The minimum atomic E-state index is -4.87. The van der Waals surface area contributed by atoms with Gasteiger partial charge in [-0.15, -0.1) is 0 Å². The molecule has 0 heterocycles. The minimum absolute atomic E-state index is 0.0285. The fourth-order valence-electron chi connectivity index (χ4n) is 4.00. The third-order valence-corrected chi connectivity index (χ3v) is 8.10. The van der Waals surface area contributed by atoms with Gasteiger partial charge >= 0.3 is 6.18 Å². The van der Waals surface area contributed by atoms with E-state index in [-0.39, 0.29) is 17.9 Å². The summed E-state index contributed by atoms with van der Waals surface area (Å²) >= 11 is 5.77. The average Bonchev–Trinajstić information content (AvgIpc) is 2.92. The Labute approximate surface area is 230 Å². The van der Waals surface area contributed by atoms with Gasteiger partial charge in [-0.25, -0.2) is 8.42 Å². The Balaban J connectivity index is 2.13. The van der Waals surface area contributed by atoms with Gasteiger partial charge < -0.3 is 10.2 Å². The van der Waals surface area contributed by atoms with E-state index in [0.29, 0.717) is 15.9 Å². The summed E-state index contributed by atoms with van der Waals surface area (Å²) < 4.78 is 68.9. The van der Waals surface area contributed by atoms with Crippen LogP contribution in [-0.2, 0) is 32.3 Å². The van der Waals surface area contributed by atoms with Crippen LogP contribution >= 0.6 is 11.6 Å². The molecule has 0 spiro atoms. The lowest BCUT2D eigenvalue weighted by Crippen LogP contribution is -2.51. The van der Waals surface area contributed by atoms with Gasteiger partial charge in [0.05, 0.1) is 21.2 Å². The van der Waals surface area contributed by atoms with Crippen LogP contribution in [0.5, 0.6) is 0 Å². The number of rotatable bonds is 10. The molecule has 39 heavy (non-hydrogen) atoms. The molecule has 0 aliphatic rings. The summed E-state index contributed by atoms with van der Waals surface area (Å²) in [6.07, 6.45) is -4.66. The molecule has 0 fully saturated rings. The lowest BCUT2D eigenvalue weighted by molar-refractivity contribution is -0.140. The first-order valence-electron chi connectivity index (χ1n) is 11.9. The van der Waals surface area contributed by atoms with Crippen molar-refractivity contribution in [3.05, 3.63) is 95.0 Å². The molecule has 0 aliphatic heterocycles. The molecule has 2 amide bonds. The van der Waals surface area contributed by atoms with E-state index < -0.39 is 56.9 Å². The van der Waals surface area contributed by atoms with Gasteiger partial charge in [0, 0.05) is 13.6 Å². The number of alkyl halides is 3. The lowest BCUT2D eigenvalue weighted by atomic mass is 10.1. The minimum Gasteiger partial charge on any atom is -0.357 e. The van der Waals surface area contributed by atoms with Crippen molar-refractivity contribution < 1.29 is 31.2 Å². The van der Waals surface area contributed by atoms with Gasteiger partial charge in [-0.2, -0.15) is 13.2 Å². The third-order valence-electron chi connectivity index (χ3n) is 5.98. The highest BCUT2D eigenvalue weighted by Gasteiger charge is 2.37. The van der Waals surface area contributed by atoms with Gasteiger partial charge in [-0.1, -0.05) is 67.1 Å². The number of sulfonamides is 1. The molecule has 12 heteroatoms. The molecular weight excluding hydrogens is 555 g/mol. The maximum atomic E-state index is 13.8. The largest absolute Gasteiger partial charge is 0.417 e. The highest BCUT2D eigenvalue weighted by atomic mass is 35.5. The van der Waals surface area contributed by atoms with E-state index in [1.165, 1.54) is 36.2 Å². The first-order chi connectivity index (χ1) is 18.4. The van der Waals surface area contributed by atoms with Gasteiger partial charge in [0.25, 0.3) is 10.0 Å². The van der Waals surface area contributed by atoms with Gasteiger partial charge in [-0.3, -0.25) is 13.9 Å². The normalized spacial score (nSPS) is 12.5. The number of halogens is 4. The summed E-state index contributed by atoms with van der Waals surface area (Å²) in [7, 11) is -3.10. The first-order valence-corrected chi connectivity index (χ1v) is 13.7.